The van der Waals surface area contributed by atoms with Crippen molar-refractivity contribution in [2.75, 3.05) is 0 Å². The normalized spacial score (nSPS) is 16.5. The maximum Gasteiger partial charge on any atom is 0.453 e. The number of nitrogens with zero attached hydrogens (tertiary/aromatic N) is 6. The Morgan fingerprint density at radius 3 is 2.48 bits per heavy atom. The number of rotatable bonds is 3. The molecule has 15 heteroatoms. The van der Waals surface area contributed by atoms with Crippen LogP contribution < -0.4 is 5.32 Å². The highest BCUT2D eigenvalue weighted by Gasteiger charge is 2.38. The molecule has 1 amide bonds. The molecule has 1 aliphatic heterocycles. The lowest BCUT2D eigenvalue weighted by Crippen LogP contribution is -2.34. The van der Waals surface area contributed by atoms with Crippen LogP contribution in [0.5, 0.6) is 0 Å². The first kappa shape index (κ1) is 22.7. The van der Waals surface area contributed by atoms with Gasteiger partial charge in [-0.05, 0) is 25.0 Å². The molecule has 4 rings (SSSR count). The van der Waals surface area contributed by atoms with E-state index in [0.717, 1.165) is 7.05 Å². The van der Waals surface area contributed by atoms with Crippen molar-refractivity contribution < 1.29 is 35.5 Å². The van der Waals surface area contributed by atoms with Crippen LogP contribution in [0.1, 0.15) is 46.7 Å². The fraction of sp³-hybridized carbons (Fsp3) is 0.389. The van der Waals surface area contributed by atoms with Crippen molar-refractivity contribution in [3.8, 4) is 11.3 Å². The summed E-state index contributed by atoms with van der Waals surface area (Å²) in [6.07, 6.45) is -8.31. The summed E-state index contributed by atoms with van der Waals surface area (Å²) < 4.78 is 93.7. The monoisotopic (exact) mass is 477 g/mol. The zero-order chi connectivity index (χ0) is 24.1. The molecule has 33 heavy (non-hydrogen) atoms. The summed E-state index contributed by atoms with van der Waals surface area (Å²) in [6.45, 7) is 0.350. The number of amides is 1. The highest BCUT2D eigenvalue weighted by molar-refractivity contribution is 5.91. The van der Waals surface area contributed by atoms with Gasteiger partial charge in [-0.2, -0.15) is 36.4 Å². The van der Waals surface area contributed by atoms with Crippen LogP contribution in [0.2, 0.25) is 0 Å². The number of carbonyl (C=O) groups excluding carboxylic acids is 1. The molecule has 0 aliphatic carbocycles. The quantitative estimate of drug-likeness (QED) is 0.584. The molecule has 0 aromatic carbocycles. The molecule has 4 heterocycles. The summed E-state index contributed by atoms with van der Waals surface area (Å²) in [6, 6.07) is 1.11. The Balaban J connectivity index is 1.63. The predicted octanol–water partition coefficient (Wildman–Crippen LogP) is 3.52. The Kier molecular flexibility index (Phi) is 5.36. The van der Waals surface area contributed by atoms with Crippen molar-refractivity contribution in [1.82, 2.24) is 34.8 Å². The van der Waals surface area contributed by atoms with E-state index >= 15 is 0 Å². The summed E-state index contributed by atoms with van der Waals surface area (Å²) in [7, 11) is 1.13. The second-order valence-electron chi connectivity index (χ2n) is 7.27. The van der Waals surface area contributed by atoms with Gasteiger partial charge in [0.05, 0.1) is 23.6 Å². The number of aryl methyl sites for hydroxylation is 2. The molecule has 1 aliphatic rings. The first-order chi connectivity index (χ1) is 15.3. The lowest BCUT2D eigenvalue weighted by Gasteiger charge is -2.24. The Hall–Kier alpha value is -3.52. The second-order valence-corrected chi connectivity index (χ2v) is 7.27. The van der Waals surface area contributed by atoms with Gasteiger partial charge in [-0.15, -0.1) is 5.10 Å². The molecule has 0 saturated carbocycles. The van der Waals surface area contributed by atoms with Gasteiger partial charge < -0.3 is 5.32 Å². The molecule has 0 bridgehead atoms. The van der Waals surface area contributed by atoms with Crippen LogP contribution in [0.3, 0.4) is 0 Å². The number of hydrogen-bond donors (Lipinski definition) is 1. The van der Waals surface area contributed by atoms with E-state index in [4.69, 9.17) is 0 Å². The Bertz CT molecular complexity index is 1210. The maximum atomic E-state index is 14.2. The van der Waals surface area contributed by atoms with E-state index in [2.05, 4.69) is 25.5 Å². The summed E-state index contributed by atoms with van der Waals surface area (Å²) in [5, 5.41) is 9.86. The van der Waals surface area contributed by atoms with Crippen LogP contribution in [0.25, 0.3) is 11.3 Å². The van der Waals surface area contributed by atoms with Crippen LogP contribution >= 0.6 is 0 Å². The fourth-order valence-electron chi connectivity index (χ4n) is 3.48. The molecule has 0 fully saturated rings. The van der Waals surface area contributed by atoms with Gasteiger partial charge in [-0.1, -0.05) is 0 Å². The minimum Gasteiger partial charge on any atom is -0.341 e. The third-order valence-corrected chi connectivity index (χ3v) is 4.98. The zero-order valence-electron chi connectivity index (χ0n) is 16.7. The molecule has 1 N–H and O–H groups in total. The lowest BCUT2D eigenvalue weighted by molar-refractivity contribution is -0.145. The van der Waals surface area contributed by atoms with Gasteiger partial charge in [0.15, 0.2) is 5.82 Å². The van der Waals surface area contributed by atoms with Crippen LogP contribution in [-0.4, -0.2) is 35.4 Å². The summed E-state index contributed by atoms with van der Waals surface area (Å²) in [5.41, 5.74) is -1.47. The minimum atomic E-state index is -4.83. The van der Waals surface area contributed by atoms with E-state index in [0.29, 0.717) is 42.0 Å². The van der Waals surface area contributed by atoms with Gasteiger partial charge in [0, 0.05) is 19.2 Å². The SMILES string of the molecule is Cn1nc(C(F)(F)F)nc1C(=O)NC1CCCn2nc(-c3cc(C(F)(F)F)ncc3F)cc21. The molecule has 0 spiro atoms. The van der Waals surface area contributed by atoms with Crippen molar-refractivity contribution in [3.05, 3.63) is 47.2 Å². The van der Waals surface area contributed by atoms with E-state index in [1.165, 1.54) is 10.7 Å². The van der Waals surface area contributed by atoms with Gasteiger partial charge in [0.1, 0.15) is 5.69 Å². The largest absolute Gasteiger partial charge is 0.453 e. The number of carbonyl (C=O) groups is 1. The van der Waals surface area contributed by atoms with E-state index in [1.54, 1.807) is 0 Å². The van der Waals surface area contributed by atoms with Crippen molar-refractivity contribution in [2.45, 2.75) is 37.8 Å². The Morgan fingerprint density at radius 1 is 1.12 bits per heavy atom. The van der Waals surface area contributed by atoms with Gasteiger partial charge in [0.2, 0.25) is 5.82 Å². The predicted molar refractivity (Wildman–Crippen MR) is 95.9 cm³/mol. The molecule has 8 nitrogen and oxygen atoms in total. The summed E-state index contributed by atoms with van der Waals surface area (Å²) in [4.78, 5) is 18.8. The van der Waals surface area contributed by atoms with Gasteiger partial charge in [-0.25, -0.2) is 14.1 Å². The van der Waals surface area contributed by atoms with Crippen molar-refractivity contribution in [2.24, 2.45) is 7.05 Å². The number of nitrogens with one attached hydrogen (secondary N) is 1. The standard InChI is InChI=1S/C18H14F7N7O/c1-31-14(28-16(30-31)18(23,24)25)15(33)27-10-3-2-4-32-12(10)6-11(29-32)8-5-13(17(20,21)22)26-7-9(8)19/h5-7,10H,2-4H2,1H3,(H,27,33). The average Bonchev–Trinajstić information content (AvgIpc) is 3.31. The highest BCUT2D eigenvalue weighted by Crippen LogP contribution is 2.34. The van der Waals surface area contributed by atoms with E-state index in [1.807, 2.05) is 0 Å². The second kappa shape index (κ2) is 7.81. The smallest absolute Gasteiger partial charge is 0.341 e. The molecule has 3 aromatic rings. The van der Waals surface area contributed by atoms with Gasteiger partial charge >= 0.3 is 12.4 Å². The van der Waals surface area contributed by atoms with Crippen molar-refractivity contribution in [3.63, 3.8) is 0 Å². The molecule has 1 unspecified atom stereocenters. The lowest BCUT2D eigenvalue weighted by atomic mass is 10.0. The number of alkyl halides is 6. The van der Waals surface area contributed by atoms with E-state index in [9.17, 15) is 35.5 Å². The summed E-state index contributed by atoms with van der Waals surface area (Å²) in [5.74, 6) is -4.00. The number of pyridine rings is 1. The molecule has 3 aromatic heterocycles. The van der Waals surface area contributed by atoms with E-state index < -0.39 is 53.0 Å². The topological polar surface area (TPSA) is 90.5 Å². The molecule has 0 saturated heterocycles. The summed E-state index contributed by atoms with van der Waals surface area (Å²) >= 11 is 0. The molecular formula is C18H14F7N7O. The zero-order valence-corrected chi connectivity index (χ0v) is 16.7. The third-order valence-electron chi connectivity index (χ3n) is 4.98. The van der Waals surface area contributed by atoms with Crippen LogP contribution in [0.15, 0.2) is 18.3 Å². The average molecular weight is 477 g/mol. The van der Waals surface area contributed by atoms with Gasteiger partial charge in [-0.3, -0.25) is 9.48 Å². The molecular weight excluding hydrogens is 463 g/mol. The molecule has 1 atom stereocenters. The first-order valence-electron chi connectivity index (χ1n) is 9.44. The first-order valence-corrected chi connectivity index (χ1v) is 9.44. The number of fused-ring (bicyclic) bond motifs is 1. The van der Waals surface area contributed by atoms with Crippen LogP contribution in [0, 0.1) is 5.82 Å². The minimum absolute atomic E-state index is 0.102. The van der Waals surface area contributed by atoms with Crippen molar-refractivity contribution in [1.29, 1.82) is 0 Å². The molecule has 0 radical (unpaired) electrons. The van der Waals surface area contributed by atoms with Crippen molar-refractivity contribution >= 4 is 5.91 Å². The highest BCUT2D eigenvalue weighted by atomic mass is 19.4. The Morgan fingerprint density at radius 2 is 1.85 bits per heavy atom. The Labute approximate surface area is 180 Å². The van der Waals surface area contributed by atoms with Gasteiger partial charge in [0.25, 0.3) is 11.7 Å². The number of aromatic nitrogens is 6. The van der Waals surface area contributed by atoms with Crippen LogP contribution in [0.4, 0.5) is 30.7 Å². The number of hydrogen-bond acceptors (Lipinski definition) is 5. The maximum absolute atomic E-state index is 14.2. The fourth-order valence-corrected chi connectivity index (χ4v) is 3.48. The molecule has 176 valence electrons. The third kappa shape index (κ3) is 4.39. The number of halogens is 7. The van der Waals surface area contributed by atoms with E-state index in [-0.39, 0.29) is 5.69 Å². The van der Waals surface area contributed by atoms with Crippen LogP contribution in [-0.2, 0) is 25.9 Å².